The highest BCUT2D eigenvalue weighted by Gasteiger charge is 2.51. The molecule has 1 aliphatic carbocycles. The largest absolute Gasteiger partial charge is 0.384 e. The molecule has 1 aromatic rings. The van der Waals surface area contributed by atoms with Crippen LogP contribution in [0.2, 0.25) is 0 Å². The van der Waals surface area contributed by atoms with Crippen LogP contribution in [0.25, 0.3) is 0 Å². The number of amides is 1. The van der Waals surface area contributed by atoms with E-state index in [1.165, 1.54) is 0 Å². The molecule has 2 fully saturated rings. The Morgan fingerprint density at radius 2 is 1.83 bits per heavy atom. The molecule has 5 heteroatoms. The number of benzene rings is 1. The van der Waals surface area contributed by atoms with Gasteiger partial charge in [0.2, 0.25) is 5.91 Å². The monoisotopic (exact) mass is 338 g/mol. The molecule has 0 radical (unpaired) electrons. The Bertz CT molecular complexity index is 506. The number of piperidine rings is 1. The van der Waals surface area contributed by atoms with Crippen molar-refractivity contribution in [2.45, 2.75) is 31.1 Å². The lowest BCUT2D eigenvalue weighted by atomic mass is 9.79. The first-order valence-corrected chi connectivity index (χ1v) is 8.24. The molecule has 2 aliphatic rings. The Morgan fingerprint density at radius 3 is 2.39 bits per heavy atom. The molecule has 2 N–H and O–H groups in total. The minimum absolute atomic E-state index is 0. The summed E-state index contributed by atoms with van der Waals surface area (Å²) in [5, 5.41) is 6.62. The number of rotatable bonds is 6. The summed E-state index contributed by atoms with van der Waals surface area (Å²) in [6, 6.07) is 10.2. The molecule has 0 spiro atoms. The fourth-order valence-electron chi connectivity index (χ4n) is 3.60. The molecule has 128 valence electrons. The quantitative estimate of drug-likeness (QED) is 0.836. The Morgan fingerprint density at radius 1 is 1.17 bits per heavy atom. The summed E-state index contributed by atoms with van der Waals surface area (Å²) in [6.45, 7) is 3.44. The second-order valence-electron chi connectivity index (χ2n) is 6.81. The van der Waals surface area contributed by atoms with Crippen LogP contribution in [0.3, 0.4) is 0 Å². The van der Waals surface area contributed by atoms with Gasteiger partial charge >= 0.3 is 0 Å². The first kappa shape index (κ1) is 18.2. The Labute approximate surface area is 144 Å². The van der Waals surface area contributed by atoms with Gasteiger partial charge in [0, 0.05) is 19.1 Å². The van der Waals surface area contributed by atoms with E-state index in [-0.39, 0.29) is 29.1 Å². The number of hydrogen-bond acceptors (Lipinski definition) is 3. The number of halogens is 1. The summed E-state index contributed by atoms with van der Waals surface area (Å²) < 4.78 is 5.42. The molecular formula is C18H27ClN2O2. The van der Waals surface area contributed by atoms with Gasteiger partial charge in [-0.25, -0.2) is 0 Å². The maximum atomic E-state index is 12.7. The van der Waals surface area contributed by atoms with Gasteiger partial charge in [-0.1, -0.05) is 30.3 Å². The number of carbonyl (C=O) groups is 1. The van der Waals surface area contributed by atoms with Crippen molar-refractivity contribution in [1.82, 2.24) is 10.6 Å². The van der Waals surface area contributed by atoms with E-state index in [0.717, 1.165) is 50.9 Å². The second kappa shape index (κ2) is 7.65. The highest BCUT2D eigenvalue weighted by molar-refractivity contribution is 5.91. The molecule has 1 aromatic carbocycles. The molecule has 1 aliphatic heterocycles. The van der Waals surface area contributed by atoms with Gasteiger partial charge in [-0.05, 0) is 44.3 Å². The van der Waals surface area contributed by atoms with Crippen molar-refractivity contribution < 1.29 is 9.53 Å². The molecule has 1 amide bonds. The van der Waals surface area contributed by atoms with Crippen molar-refractivity contribution in [3.63, 3.8) is 0 Å². The van der Waals surface area contributed by atoms with Crippen molar-refractivity contribution in [2.75, 3.05) is 33.4 Å². The number of methoxy groups -OCH3 is 1. The summed E-state index contributed by atoms with van der Waals surface area (Å²) in [6.07, 6.45) is 4.03. The average molecular weight is 339 g/mol. The van der Waals surface area contributed by atoms with Crippen LogP contribution in [0.15, 0.2) is 30.3 Å². The van der Waals surface area contributed by atoms with E-state index in [0.29, 0.717) is 6.61 Å². The molecule has 0 unspecified atom stereocenters. The second-order valence-corrected chi connectivity index (χ2v) is 6.81. The molecule has 23 heavy (non-hydrogen) atoms. The predicted molar refractivity (Wildman–Crippen MR) is 94.0 cm³/mol. The first-order valence-electron chi connectivity index (χ1n) is 8.24. The molecule has 4 nitrogen and oxygen atoms in total. The highest BCUT2D eigenvalue weighted by Crippen LogP contribution is 2.48. The van der Waals surface area contributed by atoms with E-state index in [2.05, 4.69) is 22.8 Å². The van der Waals surface area contributed by atoms with E-state index in [4.69, 9.17) is 4.74 Å². The van der Waals surface area contributed by atoms with E-state index in [1.807, 2.05) is 18.2 Å². The van der Waals surface area contributed by atoms with Gasteiger partial charge in [0.05, 0.1) is 12.0 Å². The van der Waals surface area contributed by atoms with Gasteiger partial charge in [-0.3, -0.25) is 4.79 Å². The summed E-state index contributed by atoms with van der Waals surface area (Å²) >= 11 is 0. The number of ether oxygens (including phenoxy) is 1. The molecular weight excluding hydrogens is 312 g/mol. The molecule has 3 rings (SSSR count). The molecule has 1 saturated carbocycles. The normalized spacial score (nSPS) is 21.1. The highest BCUT2D eigenvalue weighted by atomic mass is 35.5. The lowest BCUT2D eigenvalue weighted by Gasteiger charge is -2.37. The zero-order valence-corrected chi connectivity index (χ0v) is 14.6. The maximum Gasteiger partial charge on any atom is 0.230 e. The topological polar surface area (TPSA) is 50.4 Å². The van der Waals surface area contributed by atoms with Crippen LogP contribution >= 0.6 is 12.4 Å². The minimum Gasteiger partial charge on any atom is -0.384 e. The zero-order valence-electron chi connectivity index (χ0n) is 13.8. The Hall–Kier alpha value is -1.10. The van der Waals surface area contributed by atoms with Crippen LogP contribution in [-0.4, -0.2) is 39.3 Å². The van der Waals surface area contributed by atoms with Gasteiger partial charge in [-0.15, -0.1) is 12.4 Å². The summed E-state index contributed by atoms with van der Waals surface area (Å²) in [7, 11) is 1.75. The lowest BCUT2D eigenvalue weighted by molar-refractivity contribution is -0.124. The molecule has 1 heterocycles. The lowest BCUT2D eigenvalue weighted by Crippen LogP contribution is -2.49. The smallest absolute Gasteiger partial charge is 0.230 e. The molecule has 0 aromatic heterocycles. The number of carbonyl (C=O) groups excluding carboxylic acids is 1. The van der Waals surface area contributed by atoms with Crippen molar-refractivity contribution in [3.05, 3.63) is 35.9 Å². The van der Waals surface area contributed by atoms with Crippen molar-refractivity contribution in [3.8, 4) is 0 Å². The van der Waals surface area contributed by atoms with Gasteiger partial charge in [0.15, 0.2) is 0 Å². The van der Waals surface area contributed by atoms with Gasteiger partial charge in [-0.2, -0.15) is 0 Å². The van der Waals surface area contributed by atoms with E-state index >= 15 is 0 Å². The SMILES string of the molecule is COCC1(CNC(=O)C2(c3ccccc3)CC2)CCNCC1.Cl. The van der Waals surface area contributed by atoms with Crippen molar-refractivity contribution in [2.24, 2.45) is 5.41 Å². The van der Waals surface area contributed by atoms with Crippen LogP contribution in [0.4, 0.5) is 0 Å². The minimum atomic E-state index is -0.275. The summed E-state index contributed by atoms with van der Waals surface area (Å²) in [4.78, 5) is 12.7. The third-order valence-electron chi connectivity index (χ3n) is 5.25. The third-order valence-corrected chi connectivity index (χ3v) is 5.25. The first-order chi connectivity index (χ1) is 10.7. The van der Waals surface area contributed by atoms with E-state index in [1.54, 1.807) is 7.11 Å². The van der Waals surface area contributed by atoms with E-state index < -0.39 is 0 Å². The molecule has 0 bridgehead atoms. The summed E-state index contributed by atoms with van der Waals surface area (Å²) in [5.74, 6) is 0.188. The Balaban J connectivity index is 0.00000192. The van der Waals surface area contributed by atoms with Crippen LogP contribution in [-0.2, 0) is 14.9 Å². The van der Waals surface area contributed by atoms with E-state index in [9.17, 15) is 4.79 Å². The standard InChI is InChI=1S/C18H26N2O2.ClH/c1-22-14-17(9-11-19-12-10-17)13-20-16(21)18(7-8-18)15-5-3-2-4-6-15;/h2-6,19H,7-14H2,1H3,(H,20,21);1H. The third kappa shape index (κ3) is 3.87. The van der Waals surface area contributed by atoms with Gasteiger partial charge < -0.3 is 15.4 Å². The number of nitrogens with one attached hydrogen (secondary N) is 2. The van der Waals surface area contributed by atoms with Gasteiger partial charge in [0.1, 0.15) is 0 Å². The van der Waals surface area contributed by atoms with Crippen LogP contribution in [0, 0.1) is 5.41 Å². The fourth-order valence-corrected chi connectivity index (χ4v) is 3.60. The average Bonchev–Trinajstić information content (AvgIpc) is 3.37. The number of hydrogen-bond donors (Lipinski definition) is 2. The van der Waals surface area contributed by atoms with Crippen LogP contribution in [0.5, 0.6) is 0 Å². The summed E-state index contributed by atoms with van der Waals surface area (Å²) in [5.41, 5.74) is 0.962. The Kier molecular flexibility index (Phi) is 6.06. The molecule has 1 saturated heterocycles. The van der Waals surface area contributed by atoms with Crippen molar-refractivity contribution >= 4 is 18.3 Å². The maximum absolute atomic E-state index is 12.7. The van der Waals surface area contributed by atoms with Crippen LogP contribution in [0.1, 0.15) is 31.2 Å². The fraction of sp³-hybridized carbons (Fsp3) is 0.611. The van der Waals surface area contributed by atoms with Crippen molar-refractivity contribution in [1.29, 1.82) is 0 Å². The van der Waals surface area contributed by atoms with Gasteiger partial charge in [0.25, 0.3) is 0 Å². The zero-order chi connectivity index (χ0) is 15.5. The molecule has 0 atom stereocenters. The predicted octanol–water partition coefficient (Wildman–Crippen LogP) is 2.27. The van der Waals surface area contributed by atoms with Crippen LogP contribution < -0.4 is 10.6 Å².